The zero-order valence-electron chi connectivity index (χ0n) is 13.7. The summed E-state index contributed by atoms with van der Waals surface area (Å²) in [4.78, 5) is 16.2. The molecule has 1 saturated carbocycles. The molecule has 5 nitrogen and oxygen atoms in total. The van der Waals surface area contributed by atoms with Crippen molar-refractivity contribution in [2.75, 3.05) is 5.32 Å². The summed E-state index contributed by atoms with van der Waals surface area (Å²) in [6.07, 6.45) is 4.62. The van der Waals surface area contributed by atoms with Gasteiger partial charge in [-0.3, -0.25) is 9.78 Å². The van der Waals surface area contributed by atoms with Gasteiger partial charge in [-0.2, -0.15) is 0 Å². The topological polar surface area (TPSA) is 60.5 Å². The van der Waals surface area contributed by atoms with Crippen LogP contribution in [0.1, 0.15) is 47.0 Å². The molecule has 3 rings (SSSR count). The van der Waals surface area contributed by atoms with E-state index in [1.165, 1.54) is 12.8 Å². The predicted octanol–water partition coefficient (Wildman–Crippen LogP) is 2.12. The van der Waals surface area contributed by atoms with Gasteiger partial charge in [-0.25, -0.2) is 0 Å². The third-order valence-corrected chi connectivity index (χ3v) is 4.73. The summed E-state index contributed by atoms with van der Waals surface area (Å²) in [5, 5.41) is 2.93. The highest BCUT2D eigenvalue weighted by Gasteiger charge is 2.52. The average Bonchev–Trinajstić information content (AvgIpc) is 3.17. The molecule has 1 aromatic rings. The molecule has 0 spiro atoms. The van der Waals surface area contributed by atoms with Crippen LogP contribution in [-0.4, -0.2) is 29.2 Å². The lowest BCUT2D eigenvalue weighted by molar-refractivity contribution is -0.116. The van der Waals surface area contributed by atoms with Crippen molar-refractivity contribution in [1.29, 1.82) is 0 Å². The minimum absolute atomic E-state index is 0.0635. The number of nitrogens with one attached hydrogen (secondary N) is 1. The lowest BCUT2D eigenvalue weighted by Crippen LogP contribution is -2.41. The Balaban J connectivity index is 1.70. The number of hydrogen-bond donors (Lipinski definition) is 1. The fourth-order valence-electron chi connectivity index (χ4n) is 2.41. The van der Waals surface area contributed by atoms with Crippen molar-refractivity contribution in [3.63, 3.8) is 0 Å². The van der Waals surface area contributed by atoms with E-state index in [0.29, 0.717) is 17.9 Å². The molecule has 6 heteroatoms. The Labute approximate surface area is 131 Å². The Kier molecular flexibility index (Phi) is 3.77. The molecule has 22 heavy (non-hydrogen) atoms. The van der Waals surface area contributed by atoms with Crippen LogP contribution in [0.2, 0.25) is 0 Å². The Morgan fingerprint density at radius 3 is 2.55 bits per heavy atom. The van der Waals surface area contributed by atoms with E-state index in [4.69, 9.17) is 9.31 Å². The van der Waals surface area contributed by atoms with E-state index in [1.807, 2.05) is 33.8 Å². The van der Waals surface area contributed by atoms with Gasteiger partial charge in [-0.05, 0) is 58.6 Å². The van der Waals surface area contributed by atoms with Crippen molar-refractivity contribution >= 4 is 24.3 Å². The third kappa shape index (κ3) is 3.18. The largest absolute Gasteiger partial charge is 0.514 e. The normalized spacial score (nSPS) is 22.6. The molecule has 118 valence electrons. The number of amides is 1. The zero-order valence-corrected chi connectivity index (χ0v) is 13.7. The molecule has 1 N–H and O–H groups in total. The van der Waals surface area contributed by atoms with Crippen molar-refractivity contribution in [3.8, 4) is 0 Å². The molecule has 1 amide bonds. The first-order valence-electron chi connectivity index (χ1n) is 7.88. The van der Waals surface area contributed by atoms with Gasteiger partial charge >= 0.3 is 7.12 Å². The maximum absolute atomic E-state index is 11.9. The number of carbonyl (C=O) groups excluding carboxylic acids is 1. The number of rotatable bonds is 4. The monoisotopic (exact) mass is 302 g/mol. The summed E-state index contributed by atoms with van der Waals surface area (Å²) in [5.74, 6) is 0.637. The lowest BCUT2D eigenvalue weighted by atomic mass is 9.84. The van der Waals surface area contributed by atoms with Gasteiger partial charge < -0.3 is 14.6 Å². The van der Waals surface area contributed by atoms with Crippen LogP contribution in [0, 0.1) is 5.92 Å². The Morgan fingerprint density at radius 1 is 1.32 bits per heavy atom. The second kappa shape index (κ2) is 5.35. The van der Waals surface area contributed by atoms with Crippen molar-refractivity contribution < 1.29 is 14.1 Å². The van der Waals surface area contributed by atoms with Crippen LogP contribution in [0.3, 0.4) is 0 Å². The van der Waals surface area contributed by atoms with E-state index in [1.54, 1.807) is 12.3 Å². The standard InChI is InChI=1S/C16H23BN2O3/c1-15(2)16(3,4)22-17(21-15)13-10-12(7-8-18-13)19-14(20)9-11-5-6-11/h7-8,10-11H,5-6,9H2,1-4H3,(H,18,19,20). The van der Waals surface area contributed by atoms with Crippen molar-refractivity contribution in [2.24, 2.45) is 5.92 Å². The number of nitrogens with zero attached hydrogens (tertiary/aromatic N) is 1. The van der Waals surface area contributed by atoms with E-state index < -0.39 is 18.3 Å². The van der Waals surface area contributed by atoms with E-state index in [0.717, 1.165) is 5.69 Å². The number of aromatic nitrogens is 1. The number of anilines is 1. The summed E-state index contributed by atoms with van der Waals surface area (Å²) in [6.45, 7) is 8.03. The molecule has 1 aromatic heterocycles. The number of pyridine rings is 1. The SMILES string of the molecule is CC1(C)OB(c2cc(NC(=O)CC3CC3)ccn2)OC1(C)C. The fourth-order valence-corrected chi connectivity index (χ4v) is 2.41. The van der Waals surface area contributed by atoms with E-state index in [-0.39, 0.29) is 5.91 Å². The molecule has 1 saturated heterocycles. The summed E-state index contributed by atoms with van der Waals surface area (Å²) in [7, 11) is -0.509. The van der Waals surface area contributed by atoms with Gasteiger partial charge in [0, 0.05) is 18.3 Å². The predicted molar refractivity (Wildman–Crippen MR) is 85.9 cm³/mol. The molecule has 1 aliphatic carbocycles. The fraction of sp³-hybridized carbons (Fsp3) is 0.625. The molecule has 2 aliphatic rings. The molecule has 2 fully saturated rings. The van der Waals surface area contributed by atoms with Crippen LogP contribution in [0.4, 0.5) is 5.69 Å². The maximum atomic E-state index is 11.9. The Morgan fingerprint density at radius 2 is 1.95 bits per heavy atom. The summed E-state index contributed by atoms with van der Waals surface area (Å²) < 4.78 is 12.0. The Hall–Kier alpha value is -1.40. The van der Waals surface area contributed by atoms with Gasteiger partial charge in [-0.15, -0.1) is 0 Å². The van der Waals surface area contributed by atoms with Gasteiger partial charge in [-0.1, -0.05) is 0 Å². The van der Waals surface area contributed by atoms with Crippen molar-refractivity contribution in [1.82, 2.24) is 4.98 Å². The Bertz CT molecular complexity index is 569. The van der Waals surface area contributed by atoms with Crippen LogP contribution in [0.15, 0.2) is 18.3 Å². The highest BCUT2D eigenvalue weighted by Crippen LogP contribution is 2.36. The molecule has 0 bridgehead atoms. The summed E-state index contributed by atoms with van der Waals surface area (Å²) >= 11 is 0. The maximum Gasteiger partial charge on any atom is 0.514 e. The third-order valence-electron chi connectivity index (χ3n) is 4.73. The average molecular weight is 302 g/mol. The van der Waals surface area contributed by atoms with Crippen LogP contribution in [0.5, 0.6) is 0 Å². The molecule has 0 atom stereocenters. The first-order valence-corrected chi connectivity index (χ1v) is 7.88. The molecule has 0 aromatic carbocycles. The first-order chi connectivity index (χ1) is 10.3. The minimum atomic E-state index is -0.509. The molecular formula is C16H23BN2O3. The van der Waals surface area contributed by atoms with Crippen LogP contribution in [0.25, 0.3) is 0 Å². The van der Waals surface area contributed by atoms with E-state index in [9.17, 15) is 4.79 Å². The van der Waals surface area contributed by atoms with E-state index in [2.05, 4.69) is 10.3 Å². The zero-order chi connectivity index (χ0) is 16.0. The van der Waals surface area contributed by atoms with E-state index >= 15 is 0 Å². The number of carbonyl (C=O) groups is 1. The second-order valence-electron chi connectivity index (χ2n) is 7.25. The molecule has 0 unspecified atom stereocenters. The van der Waals surface area contributed by atoms with Gasteiger partial charge in [0.05, 0.1) is 16.8 Å². The smallest absolute Gasteiger partial charge is 0.398 e. The van der Waals surface area contributed by atoms with Crippen LogP contribution in [-0.2, 0) is 14.1 Å². The van der Waals surface area contributed by atoms with Gasteiger partial charge in [0.15, 0.2) is 0 Å². The van der Waals surface area contributed by atoms with Crippen LogP contribution >= 0.6 is 0 Å². The molecule has 0 radical (unpaired) electrons. The van der Waals surface area contributed by atoms with Crippen molar-refractivity contribution in [3.05, 3.63) is 18.3 Å². The highest BCUT2D eigenvalue weighted by atomic mass is 16.7. The molecule has 1 aliphatic heterocycles. The highest BCUT2D eigenvalue weighted by molar-refractivity contribution is 6.61. The molecule has 2 heterocycles. The summed E-state index contributed by atoms with van der Waals surface area (Å²) in [6, 6.07) is 3.62. The quantitative estimate of drug-likeness (QED) is 0.866. The van der Waals surface area contributed by atoms with Gasteiger partial charge in [0.1, 0.15) is 0 Å². The van der Waals surface area contributed by atoms with Crippen LogP contribution < -0.4 is 10.9 Å². The minimum Gasteiger partial charge on any atom is -0.398 e. The molecular weight excluding hydrogens is 279 g/mol. The number of hydrogen-bond acceptors (Lipinski definition) is 4. The lowest BCUT2D eigenvalue weighted by Gasteiger charge is -2.32. The van der Waals surface area contributed by atoms with Crippen molar-refractivity contribution in [2.45, 2.75) is 58.2 Å². The first kappa shape index (κ1) is 15.5. The summed E-state index contributed by atoms with van der Waals surface area (Å²) in [5.41, 5.74) is 0.628. The van der Waals surface area contributed by atoms with Gasteiger partial charge in [0.2, 0.25) is 5.91 Å². The second-order valence-corrected chi connectivity index (χ2v) is 7.25. The van der Waals surface area contributed by atoms with Gasteiger partial charge in [0.25, 0.3) is 0 Å².